The van der Waals surface area contributed by atoms with Gasteiger partial charge in [0, 0.05) is 34.7 Å². The number of nitrogens with one attached hydrogen (secondary N) is 1. The third kappa shape index (κ3) is 5.03. The molecule has 0 aliphatic carbocycles. The molecule has 1 saturated heterocycles. The number of primary amides is 1. The molecule has 0 spiro atoms. The molecule has 0 bridgehead atoms. The van der Waals surface area contributed by atoms with Gasteiger partial charge in [-0.3, -0.25) is 4.79 Å². The summed E-state index contributed by atoms with van der Waals surface area (Å²) < 4.78 is 17.2. The average Bonchev–Trinajstić information content (AvgIpc) is 2.68. The minimum absolute atomic E-state index is 0.272. The van der Waals surface area contributed by atoms with Gasteiger partial charge in [-0.25, -0.2) is 0 Å². The van der Waals surface area contributed by atoms with Crippen LogP contribution < -0.4 is 20.5 Å². The molecule has 3 rings (SSSR count). The highest BCUT2D eigenvalue weighted by Crippen LogP contribution is 2.39. The fourth-order valence-electron chi connectivity index (χ4n) is 3.07. The quantitative estimate of drug-likeness (QED) is 0.541. The number of carbonyl (C=O) groups excluding carboxylic acids is 1. The topological polar surface area (TPSA) is 82.8 Å². The molecule has 1 aliphatic rings. The van der Waals surface area contributed by atoms with Crippen molar-refractivity contribution in [3.63, 3.8) is 0 Å². The number of hydrogen-bond donors (Lipinski definition) is 2. The highest BCUT2D eigenvalue weighted by Gasteiger charge is 2.18. The van der Waals surface area contributed by atoms with Crippen molar-refractivity contribution in [3.05, 3.63) is 39.5 Å². The smallest absolute Gasteiger partial charge is 0.250 e. The van der Waals surface area contributed by atoms with Crippen molar-refractivity contribution in [2.24, 2.45) is 5.73 Å². The van der Waals surface area contributed by atoms with Crippen molar-refractivity contribution in [1.29, 1.82) is 0 Å². The number of halogens is 1. The van der Waals surface area contributed by atoms with Gasteiger partial charge >= 0.3 is 0 Å². The second-order valence-electron chi connectivity index (χ2n) is 6.35. The first-order valence-electron chi connectivity index (χ1n) is 8.89. The van der Waals surface area contributed by atoms with Gasteiger partial charge in [-0.2, -0.15) is 0 Å². The maximum absolute atomic E-state index is 11.9. The van der Waals surface area contributed by atoms with Gasteiger partial charge in [0.25, 0.3) is 5.91 Å². The lowest BCUT2D eigenvalue weighted by Crippen LogP contribution is -2.29. The Labute approximate surface area is 182 Å². The van der Waals surface area contributed by atoms with Crippen molar-refractivity contribution < 1.29 is 19.0 Å². The van der Waals surface area contributed by atoms with E-state index in [-0.39, 0.29) is 6.04 Å². The maximum Gasteiger partial charge on any atom is 0.250 e. The number of rotatable bonds is 7. The van der Waals surface area contributed by atoms with Crippen molar-refractivity contribution >= 4 is 45.9 Å². The molecule has 6 nitrogen and oxygen atoms in total. The van der Waals surface area contributed by atoms with Crippen LogP contribution in [0.3, 0.4) is 0 Å². The molecule has 1 aliphatic heterocycles. The van der Waals surface area contributed by atoms with Crippen LogP contribution in [0.2, 0.25) is 0 Å². The van der Waals surface area contributed by atoms with Gasteiger partial charge in [0.05, 0.1) is 23.4 Å². The number of anilines is 1. The second kappa shape index (κ2) is 9.71. The number of carbonyl (C=O) groups is 1. The second-order valence-corrected chi connectivity index (χ2v) is 8.65. The molecule has 150 valence electrons. The Morgan fingerprint density at radius 3 is 2.57 bits per heavy atom. The molecule has 28 heavy (non-hydrogen) atoms. The number of ether oxygens (including phenoxy) is 3. The Morgan fingerprint density at radius 1 is 1.18 bits per heavy atom. The first-order chi connectivity index (χ1) is 13.5. The Kier molecular flexibility index (Phi) is 7.30. The number of amides is 1. The molecule has 2 aromatic carbocycles. The first kappa shape index (κ1) is 21.1. The van der Waals surface area contributed by atoms with Gasteiger partial charge in [0.15, 0.2) is 11.5 Å². The van der Waals surface area contributed by atoms with E-state index in [1.807, 2.05) is 24.3 Å². The summed E-state index contributed by atoms with van der Waals surface area (Å²) in [5.74, 6) is 0.969. The summed E-state index contributed by atoms with van der Waals surface area (Å²) in [6.07, 6.45) is 1.81. The molecule has 0 aromatic heterocycles. The summed E-state index contributed by atoms with van der Waals surface area (Å²) in [6.45, 7) is 1.45. The summed E-state index contributed by atoms with van der Waals surface area (Å²) in [4.78, 5) is 13.9. The van der Waals surface area contributed by atoms with Crippen LogP contribution >= 0.6 is 34.4 Å². The van der Waals surface area contributed by atoms with E-state index in [2.05, 4.69) is 27.9 Å². The molecule has 3 N–H and O–H groups in total. The van der Waals surface area contributed by atoms with Crippen molar-refractivity contribution in [3.8, 4) is 11.5 Å². The molecule has 0 unspecified atom stereocenters. The zero-order chi connectivity index (χ0) is 20.1. The van der Waals surface area contributed by atoms with Crippen LogP contribution in [-0.4, -0.2) is 39.4 Å². The van der Waals surface area contributed by atoms with Crippen LogP contribution in [0.25, 0.3) is 0 Å². The minimum atomic E-state index is -0.438. The SMILES string of the molecule is COc1cc(Sc2ccc(C(N)=O)c(NC3CCOCC3)c2)cc(I)c1OC. The third-order valence-corrected chi connectivity index (χ3v) is 6.24. The Morgan fingerprint density at radius 2 is 1.93 bits per heavy atom. The van der Waals surface area contributed by atoms with E-state index in [4.69, 9.17) is 19.9 Å². The number of hydrogen-bond acceptors (Lipinski definition) is 6. The Balaban J connectivity index is 1.87. The van der Waals surface area contributed by atoms with Gasteiger partial charge in [-0.15, -0.1) is 0 Å². The maximum atomic E-state index is 11.9. The Hall–Kier alpha value is -1.65. The number of nitrogens with two attached hydrogens (primary N) is 1. The molecular weight excluding hydrogens is 491 g/mol. The van der Waals surface area contributed by atoms with E-state index in [1.165, 1.54) is 0 Å². The number of benzene rings is 2. The fourth-order valence-corrected chi connectivity index (χ4v) is 5.03. The molecule has 1 amide bonds. The summed E-state index contributed by atoms with van der Waals surface area (Å²) in [5.41, 5.74) is 6.83. The van der Waals surface area contributed by atoms with Crippen LogP contribution in [0, 0.1) is 3.57 Å². The van der Waals surface area contributed by atoms with Crippen molar-refractivity contribution in [2.45, 2.75) is 28.7 Å². The van der Waals surface area contributed by atoms with Crippen LogP contribution in [0.4, 0.5) is 5.69 Å². The number of methoxy groups -OCH3 is 2. The predicted octanol–water partition coefficient (Wildman–Crippen LogP) is 4.15. The molecular formula is C20H23IN2O4S. The molecule has 1 fully saturated rings. The van der Waals surface area contributed by atoms with Crippen LogP contribution in [0.1, 0.15) is 23.2 Å². The Bertz CT molecular complexity index is 856. The monoisotopic (exact) mass is 514 g/mol. The van der Waals surface area contributed by atoms with E-state index >= 15 is 0 Å². The molecule has 1 heterocycles. The molecule has 2 aromatic rings. The fraction of sp³-hybridized carbons (Fsp3) is 0.350. The van der Waals surface area contributed by atoms with E-state index in [0.29, 0.717) is 11.3 Å². The van der Waals surface area contributed by atoms with Crippen LogP contribution in [0.5, 0.6) is 11.5 Å². The summed E-state index contributed by atoms with van der Waals surface area (Å²) in [7, 11) is 3.25. The van der Waals surface area contributed by atoms with Crippen molar-refractivity contribution in [2.75, 3.05) is 32.8 Å². The molecule has 0 saturated carbocycles. The predicted molar refractivity (Wildman–Crippen MR) is 119 cm³/mol. The summed E-state index contributed by atoms with van der Waals surface area (Å²) in [6, 6.07) is 9.92. The van der Waals surface area contributed by atoms with Crippen molar-refractivity contribution in [1.82, 2.24) is 0 Å². The van der Waals surface area contributed by atoms with Gasteiger partial charge in [-0.05, 0) is 65.8 Å². The highest BCUT2D eigenvalue weighted by molar-refractivity contribution is 14.1. The van der Waals surface area contributed by atoms with Crippen LogP contribution in [0.15, 0.2) is 40.1 Å². The lowest BCUT2D eigenvalue weighted by Gasteiger charge is -2.25. The average molecular weight is 514 g/mol. The van der Waals surface area contributed by atoms with Gasteiger partial charge in [-0.1, -0.05) is 11.8 Å². The lowest BCUT2D eigenvalue weighted by molar-refractivity contribution is 0.0904. The highest BCUT2D eigenvalue weighted by atomic mass is 127. The third-order valence-electron chi connectivity index (χ3n) is 4.48. The zero-order valence-corrected chi connectivity index (χ0v) is 18.8. The van der Waals surface area contributed by atoms with E-state index in [9.17, 15) is 4.79 Å². The minimum Gasteiger partial charge on any atom is -0.493 e. The van der Waals surface area contributed by atoms with E-state index in [0.717, 1.165) is 50.9 Å². The van der Waals surface area contributed by atoms with Crippen LogP contribution in [-0.2, 0) is 4.74 Å². The summed E-state index contributed by atoms with van der Waals surface area (Å²) >= 11 is 3.82. The van der Waals surface area contributed by atoms with E-state index in [1.54, 1.807) is 32.0 Å². The lowest BCUT2D eigenvalue weighted by atomic mass is 10.1. The normalized spacial score (nSPS) is 14.5. The molecule has 0 atom stereocenters. The first-order valence-corrected chi connectivity index (χ1v) is 10.8. The zero-order valence-electron chi connectivity index (χ0n) is 15.8. The van der Waals surface area contributed by atoms with E-state index < -0.39 is 5.91 Å². The summed E-state index contributed by atoms with van der Waals surface area (Å²) in [5, 5.41) is 3.47. The van der Waals surface area contributed by atoms with Gasteiger partial charge < -0.3 is 25.3 Å². The van der Waals surface area contributed by atoms with Gasteiger partial charge in [0.2, 0.25) is 0 Å². The largest absolute Gasteiger partial charge is 0.493 e. The molecule has 8 heteroatoms. The standard InChI is InChI=1S/C20H23IN2O4S/c1-25-18-11-14(9-16(21)19(18)26-2)28-13-3-4-15(20(22)24)17(10-13)23-12-5-7-27-8-6-12/h3-4,9-12,23H,5-8H2,1-2H3,(H2,22,24). The molecule has 0 radical (unpaired) electrons. The van der Waals surface area contributed by atoms with Gasteiger partial charge in [0.1, 0.15) is 0 Å².